The molecular formula is C15H17N3O3. The number of aryl methyl sites for hydroxylation is 1. The maximum atomic E-state index is 12.4. The van der Waals surface area contributed by atoms with Crippen LogP contribution in [0.5, 0.6) is 0 Å². The van der Waals surface area contributed by atoms with E-state index in [-0.39, 0.29) is 24.8 Å². The zero-order valence-electron chi connectivity index (χ0n) is 11.7. The number of anilines is 1. The van der Waals surface area contributed by atoms with Gasteiger partial charge in [0.15, 0.2) is 5.76 Å². The number of nitrogen functional groups attached to an aromatic ring is 1. The fraction of sp³-hybridized carbons (Fsp3) is 0.200. The molecule has 21 heavy (non-hydrogen) atoms. The van der Waals surface area contributed by atoms with Crippen molar-refractivity contribution in [1.82, 2.24) is 4.90 Å². The molecule has 6 nitrogen and oxygen atoms in total. The number of carbonyl (C=O) groups is 2. The Hall–Kier alpha value is -2.76. The van der Waals surface area contributed by atoms with E-state index in [1.807, 2.05) is 0 Å². The molecule has 0 aliphatic carbocycles. The molecule has 0 bridgehead atoms. The van der Waals surface area contributed by atoms with Crippen molar-refractivity contribution in [2.75, 3.05) is 12.3 Å². The lowest BCUT2D eigenvalue weighted by Gasteiger charge is -2.20. The van der Waals surface area contributed by atoms with Crippen molar-refractivity contribution in [3.63, 3.8) is 0 Å². The lowest BCUT2D eigenvalue weighted by molar-refractivity contribution is -0.118. The van der Waals surface area contributed by atoms with E-state index in [1.54, 1.807) is 37.3 Å². The molecule has 6 heteroatoms. The first kappa shape index (κ1) is 14.6. The predicted molar refractivity (Wildman–Crippen MR) is 78.2 cm³/mol. The molecule has 2 rings (SSSR count). The molecule has 0 saturated carbocycles. The zero-order valence-corrected chi connectivity index (χ0v) is 11.7. The number of primary amides is 1. The molecule has 4 N–H and O–H groups in total. The fourth-order valence-corrected chi connectivity index (χ4v) is 1.97. The number of furan rings is 1. The average Bonchev–Trinajstić information content (AvgIpc) is 2.85. The number of benzene rings is 1. The van der Waals surface area contributed by atoms with Crippen LogP contribution in [0.25, 0.3) is 0 Å². The van der Waals surface area contributed by atoms with E-state index in [0.29, 0.717) is 11.3 Å². The summed E-state index contributed by atoms with van der Waals surface area (Å²) in [6.07, 6.45) is 1.44. The van der Waals surface area contributed by atoms with Crippen LogP contribution in [-0.4, -0.2) is 23.3 Å². The summed E-state index contributed by atoms with van der Waals surface area (Å²) in [5.41, 5.74) is 13.0. The lowest BCUT2D eigenvalue weighted by atomic mass is 10.1. The summed E-state index contributed by atoms with van der Waals surface area (Å²) in [6.45, 7) is 1.84. The third-order valence-electron chi connectivity index (χ3n) is 3.04. The minimum Gasteiger partial charge on any atom is -0.459 e. The minimum atomic E-state index is -0.581. The van der Waals surface area contributed by atoms with Crippen LogP contribution in [-0.2, 0) is 11.3 Å². The summed E-state index contributed by atoms with van der Waals surface area (Å²) < 4.78 is 5.18. The monoisotopic (exact) mass is 287 g/mol. The molecule has 0 atom stereocenters. The van der Waals surface area contributed by atoms with Gasteiger partial charge in [-0.1, -0.05) is 12.1 Å². The summed E-state index contributed by atoms with van der Waals surface area (Å²) in [5, 5.41) is 0. The number of hydrogen-bond donors (Lipinski definition) is 2. The summed E-state index contributed by atoms with van der Waals surface area (Å²) in [4.78, 5) is 25.0. The Labute approximate surface area is 122 Å². The SMILES string of the molecule is Cc1ccoc1C(=O)N(CC(N)=O)Cc1ccc(N)cc1. The molecule has 0 aliphatic rings. The van der Waals surface area contributed by atoms with Crippen LogP contribution < -0.4 is 11.5 Å². The quantitative estimate of drug-likeness (QED) is 0.809. The standard InChI is InChI=1S/C15H17N3O3/c1-10-6-7-21-14(10)15(20)18(9-13(17)19)8-11-2-4-12(16)5-3-11/h2-7H,8-9,16H2,1H3,(H2,17,19). The Morgan fingerprint density at radius 3 is 2.38 bits per heavy atom. The lowest BCUT2D eigenvalue weighted by Crippen LogP contribution is -2.38. The first-order valence-electron chi connectivity index (χ1n) is 6.43. The molecule has 2 amide bonds. The zero-order chi connectivity index (χ0) is 15.4. The molecule has 1 aromatic heterocycles. The number of carbonyl (C=O) groups excluding carboxylic acids is 2. The summed E-state index contributed by atoms with van der Waals surface area (Å²) in [6, 6.07) is 8.76. The Balaban J connectivity index is 2.22. The predicted octanol–water partition coefficient (Wildman–Crippen LogP) is 1.30. The van der Waals surface area contributed by atoms with Gasteiger partial charge in [0.1, 0.15) is 6.54 Å². The second kappa shape index (κ2) is 6.13. The first-order valence-corrected chi connectivity index (χ1v) is 6.43. The summed E-state index contributed by atoms with van der Waals surface area (Å²) in [7, 11) is 0. The molecule has 110 valence electrons. The van der Waals surface area contributed by atoms with Crippen molar-refractivity contribution in [3.8, 4) is 0 Å². The van der Waals surface area contributed by atoms with Gasteiger partial charge in [0.05, 0.1) is 6.26 Å². The van der Waals surface area contributed by atoms with Crippen LogP contribution >= 0.6 is 0 Å². The number of nitrogens with two attached hydrogens (primary N) is 2. The first-order chi connectivity index (χ1) is 9.97. The second-order valence-corrected chi connectivity index (χ2v) is 4.80. The van der Waals surface area contributed by atoms with Crippen molar-refractivity contribution in [2.24, 2.45) is 5.73 Å². The molecule has 0 saturated heterocycles. The van der Waals surface area contributed by atoms with Gasteiger partial charge in [-0.2, -0.15) is 0 Å². The average molecular weight is 287 g/mol. The molecular weight excluding hydrogens is 270 g/mol. The van der Waals surface area contributed by atoms with E-state index in [1.165, 1.54) is 11.2 Å². The highest BCUT2D eigenvalue weighted by atomic mass is 16.3. The Kier molecular flexibility index (Phi) is 4.27. The normalized spacial score (nSPS) is 10.3. The highest BCUT2D eigenvalue weighted by Gasteiger charge is 2.22. The van der Waals surface area contributed by atoms with Crippen molar-refractivity contribution in [1.29, 1.82) is 0 Å². The molecule has 2 aromatic rings. The Bertz CT molecular complexity index is 646. The van der Waals surface area contributed by atoms with Crippen molar-refractivity contribution in [3.05, 3.63) is 53.5 Å². The Morgan fingerprint density at radius 2 is 1.86 bits per heavy atom. The third-order valence-corrected chi connectivity index (χ3v) is 3.04. The van der Waals surface area contributed by atoms with E-state index >= 15 is 0 Å². The van der Waals surface area contributed by atoms with Crippen LogP contribution in [0, 0.1) is 6.92 Å². The van der Waals surface area contributed by atoms with Crippen molar-refractivity contribution >= 4 is 17.5 Å². The third kappa shape index (κ3) is 3.62. The summed E-state index contributed by atoms with van der Waals surface area (Å²) in [5.74, 6) is -0.733. The molecule has 0 spiro atoms. The van der Waals surface area contributed by atoms with Crippen LogP contribution in [0.3, 0.4) is 0 Å². The van der Waals surface area contributed by atoms with Gasteiger partial charge < -0.3 is 20.8 Å². The molecule has 0 aliphatic heterocycles. The second-order valence-electron chi connectivity index (χ2n) is 4.80. The van der Waals surface area contributed by atoms with Crippen LogP contribution in [0.4, 0.5) is 5.69 Å². The molecule has 1 heterocycles. The van der Waals surface area contributed by atoms with E-state index in [9.17, 15) is 9.59 Å². The van der Waals surface area contributed by atoms with Crippen molar-refractivity contribution < 1.29 is 14.0 Å². The largest absolute Gasteiger partial charge is 0.459 e. The van der Waals surface area contributed by atoms with Gasteiger partial charge in [-0.3, -0.25) is 9.59 Å². The topological polar surface area (TPSA) is 103 Å². The fourth-order valence-electron chi connectivity index (χ4n) is 1.97. The van der Waals surface area contributed by atoms with Crippen LogP contribution in [0.15, 0.2) is 41.0 Å². The highest BCUT2D eigenvalue weighted by molar-refractivity contribution is 5.95. The van der Waals surface area contributed by atoms with Crippen molar-refractivity contribution in [2.45, 2.75) is 13.5 Å². The maximum absolute atomic E-state index is 12.4. The van der Waals surface area contributed by atoms with E-state index in [2.05, 4.69) is 0 Å². The van der Waals surface area contributed by atoms with Crippen LogP contribution in [0.1, 0.15) is 21.7 Å². The number of rotatable bonds is 5. The van der Waals surface area contributed by atoms with Gasteiger partial charge >= 0.3 is 0 Å². The van der Waals surface area contributed by atoms with Gasteiger partial charge in [0.25, 0.3) is 5.91 Å². The minimum absolute atomic E-state index is 0.177. The van der Waals surface area contributed by atoms with Gasteiger partial charge in [-0.15, -0.1) is 0 Å². The molecule has 0 fully saturated rings. The molecule has 0 unspecified atom stereocenters. The number of amides is 2. The van der Waals surface area contributed by atoms with E-state index in [4.69, 9.17) is 15.9 Å². The molecule has 0 radical (unpaired) electrons. The van der Waals surface area contributed by atoms with Gasteiger partial charge in [0.2, 0.25) is 5.91 Å². The van der Waals surface area contributed by atoms with E-state index < -0.39 is 5.91 Å². The summed E-state index contributed by atoms with van der Waals surface area (Å²) >= 11 is 0. The smallest absolute Gasteiger partial charge is 0.290 e. The van der Waals surface area contributed by atoms with Gasteiger partial charge in [-0.25, -0.2) is 0 Å². The maximum Gasteiger partial charge on any atom is 0.290 e. The number of nitrogens with zero attached hydrogens (tertiary/aromatic N) is 1. The highest BCUT2D eigenvalue weighted by Crippen LogP contribution is 2.15. The van der Waals surface area contributed by atoms with Gasteiger partial charge in [0, 0.05) is 17.8 Å². The van der Waals surface area contributed by atoms with Crippen LogP contribution in [0.2, 0.25) is 0 Å². The van der Waals surface area contributed by atoms with E-state index in [0.717, 1.165) is 5.56 Å². The molecule has 1 aromatic carbocycles. The Morgan fingerprint density at radius 1 is 1.19 bits per heavy atom. The van der Waals surface area contributed by atoms with Gasteiger partial charge in [-0.05, 0) is 30.7 Å². The number of hydrogen-bond acceptors (Lipinski definition) is 4.